The molecule has 1 aliphatic heterocycles. The van der Waals surface area contributed by atoms with Crippen LogP contribution in [0.15, 0.2) is 16.6 Å². The van der Waals surface area contributed by atoms with Crippen LogP contribution in [0.5, 0.6) is 5.75 Å². The Morgan fingerprint density at radius 2 is 2.06 bits per heavy atom. The average Bonchev–Trinajstić information content (AvgIpc) is 2.53. The summed E-state index contributed by atoms with van der Waals surface area (Å²) in [5, 5.41) is 9.44. The molecule has 0 unspecified atom stereocenters. The Bertz CT molecular complexity index is 450. The molecule has 0 saturated carbocycles. The number of halogens is 1. The fraction of sp³-hybridized carbons (Fsp3) is 0.571. The number of rotatable bonds is 2. The molecule has 0 radical (unpaired) electrons. The lowest BCUT2D eigenvalue weighted by Gasteiger charge is -2.23. The Hall–Kier alpha value is -0.540. The smallest absolute Gasteiger partial charge is 0.137 e. The topological polar surface area (TPSA) is 29.5 Å². The first-order valence-corrected chi connectivity index (χ1v) is 6.67. The number of aliphatic hydroxyl groups excluding tert-OH is 1. The van der Waals surface area contributed by atoms with Gasteiger partial charge in [0.1, 0.15) is 11.4 Å². The summed E-state index contributed by atoms with van der Waals surface area (Å²) in [6.45, 7) is 8.42. The summed E-state index contributed by atoms with van der Waals surface area (Å²) < 4.78 is 6.90. The van der Waals surface area contributed by atoms with Gasteiger partial charge in [0, 0.05) is 11.8 Å². The summed E-state index contributed by atoms with van der Waals surface area (Å²) in [6, 6.07) is 4.21. The van der Waals surface area contributed by atoms with Crippen LogP contribution in [0.4, 0.5) is 0 Å². The van der Waals surface area contributed by atoms with Gasteiger partial charge >= 0.3 is 0 Å². The van der Waals surface area contributed by atoms with Crippen LogP contribution in [0, 0.1) is 0 Å². The summed E-state index contributed by atoms with van der Waals surface area (Å²) >= 11 is 3.56. The van der Waals surface area contributed by atoms with Crippen molar-refractivity contribution >= 4 is 15.9 Å². The van der Waals surface area contributed by atoms with Gasteiger partial charge in [-0.3, -0.25) is 0 Å². The number of fused-ring (bicyclic) bond motifs is 1. The van der Waals surface area contributed by atoms with Gasteiger partial charge in [-0.05, 0) is 47.0 Å². The van der Waals surface area contributed by atoms with Crippen LogP contribution in [0.2, 0.25) is 0 Å². The van der Waals surface area contributed by atoms with Gasteiger partial charge in [-0.2, -0.15) is 0 Å². The molecule has 0 aliphatic carbocycles. The summed E-state index contributed by atoms with van der Waals surface area (Å²) in [4.78, 5) is 0. The Morgan fingerprint density at radius 1 is 1.41 bits per heavy atom. The van der Waals surface area contributed by atoms with Crippen molar-refractivity contribution in [2.75, 3.05) is 6.61 Å². The molecule has 1 aromatic rings. The van der Waals surface area contributed by atoms with Crippen molar-refractivity contribution in [3.05, 3.63) is 27.7 Å². The van der Waals surface area contributed by atoms with Gasteiger partial charge in [-0.25, -0.2) is 0 Å². The maximum atomic E-state index is 9.44. The quantitative estimate of drug-likeness (QED) is 0.906. The summed E-state index contributed by atoms with van der Waals surface area (Å²) in [5.41, 5.74) is 2.02. The van der Waals surface area contributed by atoms with Gasteiger partial charge < -0.3 is 9.84 Å². The van der Waals surface area contributed by atoms with Gasteiger partial charge in [-0.1, -0.05) is 19.9 Å². The Balaban J connectivity index is 2.48. The predicted molar refractivity (Wildman–Crippen MR) is 72.7 cm³/mol. The average molecular weight is 299 g/mol. The number of hydrogen-bond acceptors (Lipinski definition) is 2. The van der Waals surface area contributed by atoms with Crippen LogP contribution < -0.4 is 4.74 Å². The number of hydrogen-bond donors (Lipinski definition) is 1. The highest BCUT2D eigenvalue weighted by Crippen LogP contribution is 2.42. The molecule has 0 fully saturated rings. The molecule has 0 aromatic heterocycles. The van der Waals surface area contributed by atoms with E-state index in [1.807, 2.05) is 13.8 Å². The van der Waals surface area contributed by atoms with Gasteiger partial charge in [0.25, 0.3) is 0 Å². The van der Waals surface area contributed by atoms with Crippen molar-refractivity contribution in [2.24, 2.45) is 0 Å². The van der Waals surface area contributed by atoms with E-state index in [0.717, 1.165) is 22.2 Å². The zero-order valence-electron chi connectivity index (χ0n) is 10.8. The summed E-state index contributed by atoms with van der Waals surface area (Å²) in [7, 11) is 0. The van der Waals surface area contributed by atoms with Crippen LogP contribution in [0.3, 0.4) is 0 Å². The lowest BCUT2D eigenvalue weighted by atomic mass is 9.84. The van der Waals surface area contributed by atoms with E-state index >= 15 is 0 Å². The minimum absolute atomic E-state index is 0.132. The first-order chi connectivity index (χ1) is 7.75. The predicted octanol–water partition coefficient (Wildman–Crippen LogP) is 3.43. The largest absolute Gasteiger partial charge is 0.486 e. The second-order valence-corrected chi connectivity index (χ2v) is 6.88. The molecule has 0 spiro atoms. The van der Waals surface area contributed by atoms with Crippen molar-refractivity contribution in [2.45, 2.75) is 45.1 Å². The van der Waals surface area contributed by atoms with Crippen molar-refractivity contribution < 1.29 is 9.84 Å². The first kappa shape index (κ1) is 12.9. The van der Waals surface area contributed by atoms with E-state index in [0.29, 0.717) is 0 Å². The molecule has 2 rings (SSSR count). The standard InChI is InChI=1S/C14H19BrO2/c1-13(2,8-16)10-5-9-7-14(3,4)17-12(9)11(15)6-10/h5-6,16H,7-8H2,1-4H3. The lowest BCUT2D eigenvalue weighted by molar-refractivity contribution is 0.137. The maximum Gasteiger partial charge on any atom is 0.137 e. The molecule has 2 nitrogen and oxygen atoms in total. The van der Waals surface area contributed by atoms with E-state index < -0.39 is 0 Å². The van der Waals surface area contributed by atoms with Crippen molar-refractivity contribution in [1.29, 1.82) is 0 Å². The summed E-state index contributed by atoms with van der Waals surface area (Å²) in [6.07, 6.45) is 0.913. The molecule has 0 bridgehead atoms. The van der Waals surface area contributed by atoms with Crippen molar-refractivity contribution in [3.63, 3.8) is 0 Å². The lowest BCUT2D eigenvalue weighted by Crippen LogP contribution is -2.24. The molecule has 3 heteroatoms. The molecule has 0 atom stereocenters. The van der Waals surface area contributed by atoms with Crippen LogP contribution in [-0.4, -0.2) is 17.3 Å². The second-order valence-electron chi connectivity index (χ2n) is 6.03. The fourth-order valence-corrected chi connectivity index (χ4v) is 2.73. The zero-order valence-corrected chi connectivity index (χ0v) is 12.4. The van der Waals surface area contributed by atoms with Crippen molar-refractivity contribution in [1.82, 2.24) is 0 Å². The molecule has 1 aliphatic rings. The third kappa shape index (κ3) is 2.36. The second kappa shape index (κ2) is 3.99. The fourth-order valence-electron chi connectivity index (χ4n) is 2.15. The number of aliphatic hydroxyl groups is 1. The SMILES string of the molecule is CC1(C)Cc2cc(C(C)(C)CO)cc(Br)c2O1. The van der Waals surface area contributed by atoms with Crippen LogP contribution in [-0.2, 0) is 11.8 Å². The van der Waals surface area contributed by atoms with E-state index in [-0.39, 0.29) is 17.6 Å². The van der Waals surface area contributed by atoms with Gasteiger partial charge in [-0.15, -0.1) is 0 Å². The third-order valence-electron chi connectivity index (χ3n) is 3.29. The van der Waals surface area contributed by atoms with E-state index in [4.69, 9.17) is 4.74 Å². The van der Waals surface area contributed by atoms with E-state index in [1.165, 1.54) is 5.56 Å². The normalized spacial score (nSPS) is 17.8. The Kier molecular flexibility index (Phi) is 3.03. The third-order valence-corrected chi connectivity index (χ3v) is 3.88. The highest BCUT2D eigenvalue weighted by Gasteiger charge is 2.33. The molecule has 17 heavy (non-hydrogen) atoms. The minimum atomic E-state index is -0.218. The molecule has 1 heterocycles. The molecule has 0 saturated heterocycles. The molecular weight excluding hydrogens is 280 g/mol. The number of benzene rings is 1. The monoisotopic (exact) mass is 298 g/mol. The van der Waals surface area contributed by atoms with Gasteiger partial charge in [0.2, 0.25) is 0 Å². The zero-order chi connectivity index (χ0) is 12.8. The van der Waals surface area contributed by atoms with Crippen LogP contribution in [0.1, 0.15) is 38.8 Å². The molecule has 0 amide bonds. The van der Waals surface area contributed by atoms with E-state index in [9.17, 15) is 5.11 Å². The summed E-state index contributed by atoms with van der Waals surface area (Å²) in [5.74, 6) is 0.951. The molecule has 94 valence electrons. The minimum Gasteiger partial charge on any atom is -0.486 e. The Morgan fingerprint density at radius 3 is 2.65 bits per heavy atom. The van der Waals surface area contributed by atoms with Gasteiger partial charge in [0.05, 0.1) is 11.1 Å². The Labute approximate surface area is 111 Å². The highest BCUT2D eigenvalue weighted by molar-refractivity contribution is 9.10. The van der Waals surface area contributed by atoms with E-state index in [2.05, 4.69) is 41.9 Å². The van der Waals surface area contributed by atoms with Crippen molar-refractivity contribution in [3.8, 4) is 5.75 Å². The van der Waals surface area contributed by atoms with Crippen LogP contribution >= 0.6 is 15.9 Å². The van der Waals surface area contributed by atoms with Crippen LogP contribution in [0.25, 0.3) is 0 Å². The maximum absolute atomic E-state index is 9.44. The van der Waals surface area contributed by atoms with Gasteiger partial charge in [0.15, 0.2) is 0 Å². The molecule has 1 N–H and O–H groups in total. The highest BCUT2D eigenvalue weighted by atomic mass is 79.9. The molecule has 1 aromatic carbocycles. The number of ether oxygens (including phenoxy) is 1. The molecular formula is C14H19BrO2. The van der Waals surface area contributed by atoms with E-state index in [1.54, 1.807) is 0 Å². The first-order valence-electron chi connectivity index (χ1n) is 5.88.